The van der Waals surface area contributed by atoms with E-state index in [4.69, 9.17) is 9.72 Å². The molecule has 1 aromatic heterocycles. The molecule has 1 fully saturated rings. The minimum Gasteiger partial charge on any atom is -0.375 e. The average Bonchev–Trinajstić information content (AvgIpc) is 2.69. The molecule has 2 aromatic rings. The third-order valence-electron chi connectivity index (χ3n) is 3.60. The molecule has 1 unspecified atom stereocenters. The fourth-order valence-electron chi connectivity index (χ4n) is 2.65. The first-order chi connectivity index (χ1) is 8.75. The number of aromatic nitrogens is 2. The summed E-state index contributed by atoms with van der Waals surface area (Å²) in [5.41, 5.74) is 3.59. The number of ether oxygens (including phenoxy) is 1. The van der Waals surface area contributed by atoms with Crippen LogP contribution >= 0.6 is 0 Å². The summed E-state index contributed by atoms with van der Waals surface area (Å²) < 4.78 is 7.94. The molecule has 18 heavy (non-hydrogen) atoms. The second-order valence-electron chi connectivity index (χ2n) is 4.93. The molecular weight excluding hydrogens is 226 g/mol. The summed E-state index contributed by atoms with van der Waals surface area (Å²) in [6, 6.07) is 6.27. The van der Waals surface area contributed by atoms with Crippen LogP contribution in [0.25, 0.3) is 11.0 Å². The third-order valence-corrected chi connectivity index (χ3v) is 3.60. The van der Waals surface area contributed by atoms with E-state index in [1.165, 1.54) is 11.1 Å². The maximum absolute atomic E-state index is 5.75. The van der Waals surface area contributed by atoms with Crippen LogP contribution in [-0.4, -0.2) is 35.4 Å². The molecule has 1 aliphatic rings. The van der Waals surface area contributed by atoms with E-state index in [0.29, 0.717) is 0 Å². The van der Waals surface area contributed by atoms with Gasteiger partial charge in [-0.15, -0.1) is 0 Å². The Morgan fingerprint density at radius 3 is 3.11 bits per heavy atom. The molecule has 0 spiro atoms. The number of rotatable bonds is 2. The summed E-state index contributed by atoms with van der Waals surface area (Å²) >= 11 is 0. The molecule has 3 rings (SSSR count). The van der Waals surface area contributed by atoms with Crippen LogP contribution in [0, 0.1) is 6.92 Å². The zero-order valence-corrected chi connectivity index (χ0v) is 10.9. The fourth-order valence-corrected chi connectivity index (χ4v) is 2.65. The van der Waals surface area contributed by atoms with Crippen molar-refractivity contribution in [1.82, 2.24) is 14.9 Å². The first kappa shape index (κ1) is 11.7. The van der Waals surface area contributed by atoms with Crippen LogP contribution in [0.5, 0.6) is 0 Å². The Kier molecular flexibility index (Phi) is 3.06. The summed E-state index contributed by atoms with van der Waals surface area (Å²) in [6.07, 6.45) is 1.12. The van der Waals surface area contributed by atoms with Crippen LogP contribution in [0.3, 0.4) is 0 Å². The van der Waals surface area contributed by atoms with Gasteiger partial charge in [-0.1, -0.05) is 12.1 Å². The zero-order chi connectivity index (χ0) is 12.5. The van der Waals surface area contributed by atoms with Gasteiger partial charge in [0, 0.05) is 26.6 Å². The molecule has 1 atom stereocenters. The SMILES string of the molecule is Cc1cccc2nc(CC3CNCCO3)n(C)c12. The number of hydrogen-bond acceptors (Lipinski definition) is 3. The Morgan fingerprint density at radius 2 is 2.39 bits per heavy atom. The van der Waals surface area contributed by atoms with Gasteiger partial charge < -0.3 is 14.6 Å². The minimum atomic E-state index is 0.245. The molecule has 4 heteroatoms. The van der Waals surface area contributed by atoms with E-state index in [1.54, 1.807) is 0 Å². The van der Waals surface area contributed by atoms with Crippen molar-refractivity contribution in [2.45, 2.75) is 19.4 Å². The Balaban J connectivity index is 1.92. The molecule has 0 aliphatic carbocycles. The number of imidazole rings is 1. The van der Waals surface area contributed by atoms with Gasteiger partial charge in [0.25, 0.3) is 0 Å². The van der Waals surface area contributed by atoms with Crippen molar-refractivity contribution in [1.29, 1.82) is 0 Å². The van der Waals surface area contributed by atoms with E-state index in [0.717, 1.165) is 37.5 Å². The molecule has 0 radical (unpaired) electrons. The highest BCUT2D eigenvalue weighted by Crippen LogP contribution is 2.20. The van der Waals surface area contributed by atoms with Gasteiger partial charge in [0.1, 0.15) is 5.82 Å². The maximum Gasteiger partial charge on any atom is 0.112 e. The molecule has 0 saturated carbocycles. The van der Waals surface area contributed by atoms with E-state index >= 15 is 0 Å². The van der Waals surface area contributed by atoms with E-state index < -0.39 is 0 Å². The smallest absolute Gasteiger partial charge is 0.112 e. The number of para-hydroxylation sites is 1. The summed E-state index contributed by atoms with van der Waals surface area (Å²) in [6.45, 7) is 4.81. The summed E-state index contributed by atoms with van der Waals surface area (Å²) in [5.74, 6) is 1.10. The van der Waals surface area contributed by atoms with Gasteiger partial charge in [-0.05, 0) is 18.6 Å². The topological polar surface area (TPSA) is 39.1 Å². The van der Waals surface area contributed by atoms with Gasteiger partial charge in [0.05, 0.1) is 23.7 Å². The quantitative estimate of drug-likeness (QED) is 0.869. The molecule has 0 bridgehead atoms. The van der Waals surface area contributed by atoms with Crippen LogP contribution < -0.4 is 5.32 Å². The summed E-state index contributed by atoms with van der Waals surface area (Å²) in [7, 11) is 2.09. The Hall–Kier alpha value is -1.39. The normalized spacial score (nSPS) is 20.4. The van der Waals surface area contributed by atoms with Gasteiger partial charge in [0.2, 0.25) is 0 Å². The number of hydrogen-bond donors (Lipinski definition) is 1. The van der Waals surface area contributed by atoms with Gasteiger partial charge in [-0.2, -0.15) is 0 Å². The number of nitrogens with zero attached hydrogens (tertiary/aromatic N) is 2. The predicted octanol–water partition coefficient (Wildman–Crippen LogP) is 1.41. The lowest BCUT2D eigenvalue weighted by molar-refractivity contribution is 0.0277. The number of morpholine rings is 1. The number of aryl methyl sites for hydroxylation is 2. The van der Waals surface area contributed by atoms with Crippen molar-refractivity contribution in [2.75, 3.05) is 19.7 Å². The minimum absolute atomic E-state index is 0.245. The van der Waals surface area contributed by atoms with Crippen LogP contribution in [0.4, 0.5) is 0 Å². The summed E-state index contributed by atoms with van der Waals surface area (Å²) in [4.78, 5) is 4.72. The second kappa shape index (κ2) is 4.71. The highest BCUT2D eigenvalue weighted by molar-refractivity contribution is 5.79. The second-order valence-corrected chi connectivity index (χ2v) is 4.93. The lowest BCUT2D eigenvalue weighted by Crippen LogP contribution is -2.40. The molecule has 1 aliphatic heterocycles. The number of benzene rings is 1. The highest BCUT2D eigenvalue weighted by atomic mass is 16.5. The van der Waals surface area contributed by atoms with Crippen LogP contribution in [-0.2, 0) is 18.2 Å². The van der Waals surface area contributed by atoms with Crippen LogP contribution in [0.2, 0.25) is 0 Å². The first-order valence-electron chi connectivity index (χ1n) is 6.49. The average molecular weight is 245 g/mol. The molecule has 96 valence electrons. The lowest BCUT2D eigenvalue weighted by Gasteiger charge is -2.23. The summed E-state index contributed by atoms with van der Waals surface area (Å²) in [5, 5.41) is 3.36. The van der Waals surface area contributed by atoms with Crippen molar-refractivity contribution >= 4 is 11.0 Å². The van der Waals surface area contributed by atoms with E-state index in [1.807, 2.05) is 0 Å². The van der Waals surface area contributed by atoms with Gasteiger partial charge in [0.15, 0.2) is 0 Å². The number of fused-ring (bicyclic) bond motifs is 1. The first-order valence-corrected chi connectivity index (χ1v) is 6.49. The monoisotopic (exact) mass is 245 g/mol. The highest BCUT2D eigenvalue weighted by Gasteiger charge is 2.18. The standard InChI is InChI=1S/C14H19N3O/c1-10-4-3-5-12-14(10)17(2)13(16-12)8-11-9-15-6-7-18-11/h3-5,11,15H,6-9H2,1-2H3. The lowest BCUT2D eigenvalue weighted by atomic mass is 10.2. The molecule has 0 amide bonds. The van der Waals surface area contributed by atoms with Crippen molar-refractivity contribution < 1.29 is 4.74 Å². The number of nitrogens with one attached hydrogen (secondary N) is 1. The van der Waals surface area contributed by atoms with E-state index in [-0.39, 0.29) is 6.10 Å². The largest absolute Gasteiger partial charge is 0.375 e. The molecule has 1 saturated heterocycles. The van der Waals surface area contributed by atoms with Crippen molar-refractivity contribution in [3.8, 4) is 0 Å². The molecule has 1 N–H and O–H groups in total. The van der Waals surface area contributed by atoms with Crippen molar-refractivity contribution in [2.24, 2.45) is 7.05 Å². The predicted molar refractivity (Wildman–Crippen MR) is 71.8 cm³/mol. The molecule has 2 heterocycles. The maximum atomic E-state index is 5.75. The fraction of sp³-hybridized carbons (Fsp3) is 0.500. The zero-order valence-electron chi connectivity index (χ0n) is 10.9. The van der Waals surface area contributed by atoms with E-state index in [2.05, 4.69) is 42.1 Å². The van der Waals surface area contributed by atoms with Crippen LogP contribution in [0.15, 0.2) is 18.2 Å². The Morgan fingerprint density at radius 1 is 1.50 bits per heavy atom. The van der Waals surface area contributed by atoms with Gasteiger partial charge in [-0.3, -0.25) is 0 Å². The van der Waals surface area contributed by atoms with Crippen molar-refractivity contribution in [3.63, 3.8) is 0 Å². The molecular formula is C14H19N3O. The van der Waals surface area contributed by atoms with Gasteiger partial charge in [-0.25, -0.2) is 4.98 Å². The third kappa shape index (κ3) is 2.02. The van der Waals surface area contributed by atoms with Gasteiger partial charge >= 0.3 is 0 Å². The molecule has 1 aromatic carbocycles. The Bertz CT molecular complexity index is 555. The van der Waals surface area contributed by atoms with Crippen molar-refractivity contribution in [3.05, 3.63) is 29.6 Å². The Labute approximate surface area is 107 Å². The van der Waals surface area contributed by atoms with Crippen LogP contribution in [0.1, 0.15) is 11.4 Å². The van der Waals surface area contributed by atoms with E-state index in [9.17, 15) is 0 Å². The molecule has 4 nitrogen and oxygen atoms in total.